The topological polar surface area (TPSA) is 83.9 Å². The van der Waals surface area contributed by atoms with Crippen molar-refractivity contribution in [2.75, 3.05) is 6.26 Å². The number of carboxylic acid groups (broad SMARTS) is 1. The number of β-lactam (4-membered cyclic amide) rings is 1. The number of amides is 1. The number of hydrogen-bond donors (Lipinski definition) is 1. The van der Waals surface area contributed by atoms with Crippen molar-refractivity contribution in [2.24, 2.45) is 11.3 Å². The maximum absolute atomic E-state index is 13.0. The van der Waals surface area contributed by atoms with Crippen molar-refractivity contribution < 1.29 is 23.3 Å². The lowest BCUT2D eigenvalue weighted by Gasteiger charge is -2.57. The number of aliphatic carboxylic acids is 1. The molecule has 4 atom stereocenters. The molecule has 0 saturated carbocycles. The van der Waals surface area contributed by atoms with Crippen molar-refractivity contribution in [1.82, 2.24) is 4.90 Å². The Labute approximate surface area is 157 Å². The van der Waals surface area contributed by atoms with Crippen LogP contribution in [0, 0.1) is 11.3 Å². The average molecular weight is 406 g/mol. The monoisotopic (exact) mass is 405 g/mol. The third-order valence-corrected chi connectivity index (χ3v) is 8.64. The first-order valence-corrected chi connectivity index (χ1v) is 13.6. The number of hydrogen-bond acceptors (Lipinski definition) is 5. The molecule has 2 heterocycles. The fraction of sp³-hybridized carbons (Fsp3) is 0.750. The van der Waals surface area contributed by atoms with Crippen LogP contribution >= 0.6 is 11.8 Å². The van der Waals surface area contributed by atoms with Gasteiger partial charge in [0.25, 0.3) is 0 Å². The Hall–Kier alpha value is -0.643. The van der Waals surface area contributed by atoms with Crippen LogP contribution < -0.4 is 0 Å². The third-order valence-electron chi connectivity index (χ3n) is 4.91. The van der Waals surface area contributed by atoms with Gasteiger partial charge in [0.15, 0.2) is 14.7 Å². The molecular formula is C16H27NO5S2Si. The van der Waals surface area contributed by atoms with Crippen LogP contribution in [0.4, 0.5) is 0 Å². The van der Waals surface area contributed by atoms with Gasteiger partial charge in [0.2, 0.25) is 5.91 Å². The smallest absolute Gasteiger partial charge is 0.354 e. The minimum absolute atomic E-state index is 0.127. The minimum Gasteiger partial charge on any atom is -0.477 e. The summed E-state index contributed by atoms with van der Waals surface area (Å²) in [5, 5.41) is 9.14. The minimum atomic E-state index is -1.46. The van der Waals surface area contributed by atoms with Gasteiger partial charge in [-0.2, -0.15) is 0 Å². The van der Waals surface area contributed by atoms with Crippen LogP contribution in [0.1, 0.15) is 34.1 Å². The lowest BCUT2D eigenvalue weighted by Crippen LogP contribution is -2.70. The highest BCUT2D eigenvalue weighted by molar-refractivity contribution is 8.17. The standard InChI is InChI=1S/C16H27NO5S2Si/c1-8-16(15(2,3)4,22-25(6)7)9-11(18)17-10(13(19)20)14(24(5)21)23-12(9)17/h9,12,25H,8H2,1-7H3,(H,19,20)/t9-,12-,16+,24?/m1/s1. The van der Waals surface area contributed by atoms with Crippen LogP contribution in [0.5, 0.6) is 0 Å². The molecule has 2 rings (SSSR count). The molecule has 0 aromatic heterocycles. The number of nitrogens with zero attached hydrogens (tertiary/aromatic N) is 1. The van der Waals surface area contributed by atoms with Crippen molar-refractivity contribution in [2.45, 2.75) is 58.2 Å². The first kappa shape index (κ1) is 20.7. The third kappa shape index (κ3) is 3.13. The van der Waals surface area contributed by atoms with Crippen molar-refractivity contribution in [3.8, 4) is 0 Å². The Morgan fingerprint density at radius 3 is 2.32 bits per heavy atom. The van der Waals surface area contributed by atoms with E-state index in [1.807, 2.05) is 6.92 Å². The molecule has 142 valence electrons. The van der Waals surface area contributed by atoms with E-state index in [2.05, 4.69) is 33.9 Å². The van der Waals surface area contributed by atoms with E-state index in [9.17, 15) is 18.9 Å². The highest BCUT2D eigenvalue weighted by Gasteiger charge is 2.66. The summed E-state index contributed by atoms with van der Waals surface area (Å²) in [4.78, 5) is 25.9. The fourth-order valence-corrected chi connectivity index (χ4v) is 7.99. The van der Waals surface area contributed by atoms with E-state index in [1.54, 1.807) is 0 Å². The van der Waals surface area contributed by atoms with Gasteiger partial charge in [-0.3, -0.25) is 13.9 Å². The zero-order valence-electron chi connectivity index (χ0n) is 15.8. The Balaban J connectivity index is 2.49. The molecule has 1 unspecified atom stereocenters. The van der Waals surface area contributed by atoms with Crippen LogP contribution in [0.25, 0.3) is 0 Å². The lowest BCUT2D eigenvalue weighted by molar-refractivity contribution is -0.177. The second-order valence-corrected chi connectivity index (χ2v) is 12.8. The Morgan fingerprint density at radius 2 is 1.96 bits per heavy atom. The molecule has 0 radical (unpaired) electrons. The van der Waals surface area contributed by atoms with E-state index in [1.165, 1.54) is 22.9 Å². The number of carbonyl (C=O) groups excluding carboxylic acids is 1. The zero-order valence-corrected chi connectivity index (χ0v) is 18.6. The Morgan fingerprint density at radius 1 is 1.40 bits per heavy atom. The number of fused-ring (bicyclic) bond motifs is 1. The summed E-state index contributed by atoms with van der Waals surface area (Å²) >= 11 is 1.24. The Bertz CT molecular complexity index is 657. The first-order chi connectivity index (χ1) is 11.4. The molecule has 1 fully saturated rings. The van der Waals surface area contributed by atoms with Crippen molar-refractivity contribution in [3.63, 3.8) is 0 Å². The molecule has 9 heteroatoms. The predicted octanol–water partition coefficient (Wildman–Crippen LogP) is 2.34. The summed E-state index contributed by atoms with van der Waals surface area (Å²) in [7, 11) is -2.90. The van der Waals surface area contributed by atoms with Crippen LogP contribution in [0.2, 0.25) is 13.1 Å². The molecule has 2 aliphatic heterocycles. The van der Waals surface area contributed by atoms with Crippen molar-refractivity contribution in [1.29, 1.82) is 0 Å². The highest BCUT2D eigenvalue weighted by atomic mass is 32.2. The van der Waals surface area contributed by atoms with Crippen LogP contribution in [-0.4, -0.2) is 52.4 Å². The summed E-state index contributed by atoms with van der Waals surface area (Å²) in [5.74, 6) is -1.88. The number of carbonyl (C=O) groups is 2. The number of carboxylic acids is 1. The van der Waals surface area contributed by atoms with Crippen molar-refractivity contribution >= 4 is 43.5 Å². The van der Waals surface area contributed by atoms with Gasteiger partial charge in [0.05, 0.1) is 22.3 Å². The summed E-state index contributed by atoms with van der Waals surface area (Å²) in [6.07, 6.45) is 2.11. The maximum atomic E-state index is 13.0. The molecule has 0 aromatic carbocycles. The van der Waals surface area contributed by atoms with Gasteiger partial charge in [0, 0.05) is 6.26 Å². The van der Waals surface area contributed by atoms with E-state index < -0.39 is 37.3 Å². The molecule has 1 saturated heterocycles. The normalized spacial score (nSPS) is 27.2. The molecule has 0 spiro atoms. The van der Waals surface area contributed by atoms with Gasteiger partial charge in [-0.05, 0) is 24.9 Å². The van der Waals surface area contributed by atoms with Gasteiger partial charge < -0.3 is 9.53 Å². The van der Waals surface area contributed by atoms with Gasteiger partial charge in [-0.15, -0.1) is 0 Å². The molecule has 1 amide bonds. The summed E-state index contributed by atoms with van der Waals surface area (Å²) < 4.78 is 18.7. The van der Waals surface area contributed by atoms with E-state index in [4.69, 9.17) is 4.43 Å². The zero-order chi connectivity index (χ0) is 19.3. The van der Waals surface area contributed by atoms with Crippen LogP contribution in [0.3, 0.4) is 0 Å². The fourth-order valence-electron chi connectivity index (χ4n) is 3.88. The van der Waals surface area contributed by atoms with Gasteiger partial charge in [0.1, 0.15) is 9.61 Å². The van der Waals surface area contributed by atoms with E-state index in [0.29, 0.717) is 6.42 Å². The highest BCUT2D eigenvalue weighted by Crippen LogP contribution is 2.58. The largest absolute Gasteiger partial charge is 0.477 e. The molecule has 2 aliphatic rings. The van der Waals surface area contributed by atoms with Gasteiger partial charge >= 0.3 is 5.97 Å². The number of thioether (sulfide) groups is 1. The predicted molar refractivity (Wildman–Crippen MR) is 103 cm³/mol. The maximum Gasteiger partial charge on any atom is 0.354 e. The molecule has 25 heavy (non-hydrogen) atoms. The van der Waals surface area contributed by atoms with Gasteiger partial charge in [-0.1, -0.05) is 39.5 Å². The van der Waals surface area contributed by atoms with E-state index in [0.717, 1.165) is 0 Å². The summed E-state index contributed by atoms with van der Waals surface area (Å²) in [6.45, 7) is 12.4. The summed E-state index contributed by atoms with van der Waals surface area (Å²) in [6, 6.07) is 0. The molecule has 1 N–H and O–H groups in total. The molecule has 0 aliphatic carbocycles. The molecule has 6 nitrogen and oxygen atoms in total. The van der Waals surface area contributed by atoms with Crippen LogP contribution in [-0.2, 0) is 24.8 Å². The number of rotatable bonds is 6. The molecule has 0 aromatic rings. The van der Waals surface area contributed by atoms with Crippen molar-refractivity contribution in [3.05, 3.63) is 9.93 Å². The second kappa shape index (κ2) is 6.83. The first-order valence-electron chi connectivity index (χ1n) is 8.37. The lowest BCUT2D eigenvalue weighted by atomic mass is 9.64. The van der Waals surface area contributed by atoms with E-state index >= 15 is 0 Å². The Kier molecular flexibility index (Phi) is 5.64. The average Bonchev–Trinajstić information content (AvgIpc) is 2.80. The molecular weight excluding hydrogens is 378 g/mol. The second-order valence-electron chi connectivity index (χ2n) is 7.75. The van der Waals surface area contributed by atoms with Crippen LogP contribution in [0.15, 0.2) is 9.93 Å². The van der Waals surface area contributed by atoms with Gasteiger partial charge in [-0.25, -0.2) is 4.79 Å². The summed E-state index contributed by atoms with van der Waals surface area (Å²) in [5.41, 5.74) is -1.08. The quantitative estimate of drug-likeness (QED) is 0.539. The van der Waals surface area contributed by atoms with E-state index in [-0.39, 0.29) is 26.6 Å². The molecule has 0 bridgehead atoms. The SMILES string of the molecule is CC[C@](O[SiH](C)C)([C@@H]1C(=O)N2C(C(=O)O)=C(S(C)=O)S[C@H]12)C(C)(C)C.